The molecule has 0 saturated carbocycles. The van der Waals surface area contributed by atoms with Crippen LogP contribution in [0, 0.1) is 5.92 Å². The number of benzene rings is 1. The fraction of sp³-hybridized carbons (Fsp3) is 0.417. The molecule has 3 aliphatic heterocycles. The summed E-state index contributed by atoms with van der Waals surface area (Å²) in [5.41, 5.74) is 2.43. The average Bonchev–Trinajstić information content (AvgIpc) is 2.85. The maximum Gasteiger partial charge on any atom is 0.244 e. The van der Waals surface area contributed by atoms with Crippen molar-refractivity contribution in [1.29, 1.82) is 0 Å². The summed E-state index contributed by atoms with van der Waals surface area (Å²) in [5.74, 6) is 0.369. The molecule has 1 aromatic rings. The van der Waals surface area contributed by atoms with E-state index in [1.807, 2.05) is 29.0 Å². The van der Waals surface area contributed by atoms with E-state index in [0.717, 1.165) is 11.6 Å². The van der Waals surface area contributed by atoms with Gasteiger partial charge < -0.3 is 0 Å². The second-order valence-electron chi connectivity index (χ2n) is 4.63. The van der Waals surface area contributed by atoms with Crippen LogP contribution in [0.2, 0.25) is 5.02 Å². The van der Waals surface area contributed by atoms with Gasteiger partial charge in [0.25, 0.3) is 0 Å². The lowest BCUT2D eigenvalue weighted by atomic mass is 9.88. The minimum Gasteiger partial charge on any atom is -0.270 e. The van der Waals surface area contributed by atoms with Crippen molar-refractivity contribution in [1.82, 2.24) is 0 Å². The Labute approximate surface area is 104 Å². The zero-order chi connectivity index (χ0) is 11.4. The van der Waals surface area contributed by atoms with Gasteiger partial charge in [-0.3, -0.25) is 4.84 Å². The van der Waals surface area contributed by atoms with Crippen molar-refractivity contribution in [2.24, 2.45) is 16.1 Å². The zero-order valence-corrected chi connectivity index (χ0v) is 9.84. The van der Waals surface area contributed by atoms with Crippen molar-refractivity contribution in [2.75, 3.05) is 13.1 Å². The lowest BCUT2D eigenvalue weighted by Gasteiger charge is -2.22. The second-order valence-corrected chi connectivity index (χ2v) is 5.07. The molecule has 4 nitrogen and oxygen atoms in total. The van der Waals surface area contributed by atoms with E-state index in [0.29, 0.717) is 12.5 Å². The van der Waals surface area contributed by atoms with Crippen LogP contribution in [0.5, 0.6) is 0 Å². The van der Waals surface area contributed by atoms with Crippen molar-refractivity contribution in [2.45, 2.75) is 12.1 Å². The summed E-state index contributed by atoms with van der Waals surface area (Å²) in [4.78, 5) is 5.84. The number of hydroxylamine groups is 1. The van der Waals surface area contributed by atoms with Gasteiger partial charge in [-0.05, 0) is 29.0 Å². The Bertz CT molecular complexity index is 537. The van der Waals surface area contributed by atoms with Crippen molar-refractivity contribution in [3.05, 3.63) is 34.9 Å². The fourth-order valence-corrected chi connectivity index (χ4v) is 3.05. The highest BCUT2D eigenvalue weighted by Crippen LogP contribution is 2.36. The molecule has 0 saturated heterocycles. The molecule has 3 unspecified atom stereocenters. The predicted octanol–water partition coefficient (Wildman–Crippen LogP) is 1.92. The van der Waals surface area contributed by atoms with Gasteiger partial charge in [-0.25, -0.2) is 0 Å². The van der Waals surface area contributed by atoms with Gasteiger partial charge >= 0.3 is 0 Å². The van der Waals surface area contributed by atoms with Crippen LogP contribution >= 0.6 is 11.6 Å². The Morgan fingerprint density at radius 2 is 2.12 bits per heavy atom. The molecule has 5 heteroatoms. The molecule has 0 amide bonds. The average molecular weight is 249 g/mol. The maximum absolute atomic E-state index is 5.91. The standard InChI is InChI=1S/C12H11ClN3O/c13-8-3-1-7(2-4-8)12-11-9-6-16(12)17-10(11)5-14-15-9/h1-4,9-11H,5-6H2/q+1. The quantitative estimate of drug-likeness (QED) is 0.700. The van der Waals surface area contributed by atoms with Gasteiger partial charge in [-0.1, -0.05) is 11.6 Å². The van der Waals surface area contributed by atoms with Crippen LogP contribution < -0.4 is 0 Å². The normalized spacial score (nSPS) is 33.1. The van der Waals surface area contributed by atoms with Gasteiger partial charge in [0.2, 0.25) is 18.4 Å². The molecule has 1 aromatic carbocycles. The van der Waals surface area contributed by atoms with Gasteiger partial charge in [0.15, 0.2) is 6.04 Å². The second kappa shape index (κ2) is 3.29. The molecule has 2 bridgehead atoms. The highest BCUT2D eigenvalue weighted by Gasteiger charge is 2.58. The van der Waals surface area contributed by atoms with Gasteiger partial charge in [-0.2, -0.15) is 10.2 Å². The van der Waals surface area contributed by atoms with Gasteiger partial charge in [0, 0.05) is 10.6 Å². The van der Waals surface area contributed by atoms with E-state index in [-0.39, 0.29) is 12.1 Å². The summed E-state index contributed by atoms with van der Waals surface area (Å²) in [7, 11) is 0. The van der Waals surface area contributed by atoms with E-state index >= 15 is 0 Å². The zero-order valence-electron chi connectivity index (χ0n) is 9.08. The molecule has 86 valence electrons. The summed E-state index contributed by atoms with van der Waals surface area (Å²) in [5, 5.41) is 9.20. The molecular formula is C12H11ClN3O+. The van der Waals surface area contributed by atoms with Crippen LogP contribution in [0.15, 0.2) is 34.5 Å². The molecule has 3 aliphatic rings. The summed E-state index contributed by atoms with van der Waals surface area (Å²) in [6, 6.07) is 8.20. The minimum absolute atomic E-state index is 0.178. The smallest absolute Gasteiger partial charge is 0.244 e. The van der Waals surface area contributed by atoms with Crippen LogP contribution in [-0.4, -0.2) is 35.7 Å². The first kappa shape index (κ1) is 9.59. The third-order valence-electron chi connectivity index (χ3n) is 3.65. The fourth-order valence-electron chi connectivity index (χ4n) is 2.93. The molecule has 17 heavy (non-hydrogen) atoms. The molecule has 3 heterocycles. The van der Waals surface area contributed by atoms with Gasteiger partial charge in [-0.15, -0.1) is 0 Å². The van der Waals surface area contributed by atoms with E-state index in [2.05, 4.69) is 10.2 Å². The summed E-state index contributed by atoms with van der Waals surface area (Å²) >= 11 is 5.91. The molecule has 0 N–H and O–H groups in total. The maximum atomic E-state index is 5.91. The third kappa shape index (κ3) is 1.27. The number of rotatable bonds is 1. The minimum atomic E-state index is 0.178. The summed E-state index contributed by atoms with van der Waals surface area (Å²) in [6.45, 7) is 1.50. The molecule has 0 aliphatic carbocycles. The van der Waals surface area contributed by atoms with Crippen LogP contribution in [0.25, 0.3) is 0 Å². The molecule has 3 atom stereocenters. The van der Waals surface area contributed by atoms with Gasteiger partial charge in [0.05, 0.1) is 0 Å². The first-order valence-electron chi connectivity index (χ1n) is 5.76. The highest BCUT2D eigenvalue weighted by molar-refractivity contribution is 6.30. The van der Waals surface area contributed by atoms with E-state index in [9.17, 15) is 0 Å². The van der Waals surface area contributed by atoms with Crippen molar-refractivity contribution in [3.8, 4) is 0 Å². The van der Waals surface area contributed by atoms with E-state index in [1.165, 1.54) is 11.3 Å². The molecule has 0 spiro atoms. The van der Waals surface area contributed by atoms with E-state index < -0.39 is 0 Å². The van der Waals surface area contributed by atoms with E-state index in [1.54, 1.807) is 0 Å². The largest absolute Gasteiger partial charge is 0.270 e. The molecule has 0 fully saturated rings. The summed E-state index contributed by atoms with van der Waals surface area (Å²) < 4.78 is 1.99. The van der Waals surface area contributed by atoms with Crippen LogP contribution in [0.1, 0.15) is 5.56 Å². The van der Waals surface area contributed by atoms with Gasteiger partial charge in [0.1, 0.15) is 12.5 Å². The molecular weight excluding hydrogens is 238 g/mol. The topological polar surface area (TPSA) is 37.0 Å². The summed E-state index contributed by atoms with van der Waals surface area (Å²) in [6.07, 6.45) is 0.178. The predicted molar refractivity (Wildman–Crippen MR) is 62.6 cm³/mol. The number of hydrogen-bond acceptors (Lipinski definition) is 3. The van der Waals surface area contributed by atoms with Crippen LogP contribution in [-0.2, 0) is 4.84 Å². The molecule has 0 radical (unpaired) electrons. The van der Waals surface area contributed by atoms with Crippen molar-refractivity contribution < 1.29 is 9.58 Å². The Morgan fingerprint density at radius 3 is 2.88 bits per heavy atom. The van der Waals surface area contributed by atoms with Crippen molar-refractivity contribution in [3.63, 3.8) is 0 Å². The lowest BCUT2D eigenvalue weighted by molar-refractivity contribution is -0.791. The van der Waals surface area contributed by atoms with Crippen LogP contribution in [0.3, 0.4) is 0 Å². The Hall–Kier alpha value is -1.42. The monoisotopic (exact) mass is 248 g/mol. The van der Waals surface area contributed by atoms with Crippen LogP contribution in [0.4, 0.5) is 0 Å². The number of nitrogens with zero attached hydrogens (tertiary/aromatic N) is 3. The first-order chi connectivity index (χ1) is 8.33. The number of azo groups is 1. The SMILES string of the molecule is Clc1ccc(C2=[N+]3CC4N=NCC(O3)C24)cc1. The third-order valence-corrected chi connectivity index (χ3v) is 3.90. The Balaban J connectivity index is 1.79. The Kier molecular flexibility index (Phi) is 1.86. The highest BCUT2D eigenvalue weighted by atomic mass is 35.5. The Morgan fingerprint density at radius 1 is 1.29 bits per heavy atom. The number of halogens is 1. The van der Waals surface area contributed by atoms with E-state index in [4.69, 9.17) is 16.4 Å². The molecule has 4 rings (SSSR count). The van der Waals surface area contributed by atoms with Crippen molar-refractivity contribution >= 4 is 17.3 Å². The lowest BCUT2D eigenvalue weighted by Crippen LogP contribution is -2.41. The molecule has 0 aromatic heterocycles. The first-order valence-corrected chi connectivity index (χ1v) is 6.14. The number of hydrogen-bond donors (Lipinski definition) is 0.